The van der Waals surface area contributed by atoms with E-state index in [-0.39, 0.29) is 6.54 Å². The lowest BCUT2D eigenvalue weighted by molar-refractivity contribution is -0.147. The van der Waals surface area contributed by atoms with Crippen LogP contribution in [0.4, 0.5) is 13.2 Å². The van der Waals surface area contributed by atoms with E-state index in [9.17, 15) is 18.0 Å². The van der Waals surface area contributed by atoms with Crippen LogP contribution >= 0.6 is 0 Å². The molecule has 0 saturated carbocycles. The van der Waals surface area contributed by atoms with E-state index in [0.29, 0.717) is 19.4 Å². The predicted molar refractivity (Wildman–Crippen MR) is 58.8 cm³/mol. The summed E-state index contributed by atoms with van der Waals surface area (Å²) in [5.74, 6) is -0.879. The highest BCUT2D eigenvalue weighted by Crippen LogP contribution is 2.23. The normalized spacial score (nSPS) is 13.1. The third kappa shape index (κ3) is 8.01. The highest BCUT2D eigenvalue weighted by Gasteiger charge is 2.28. The van der Waals surface area contributed by atoms with Gasteiger partial charge in [0, 0.05) is 6.54 Å². The van der Waals surface area contributed by atoms with Gasteiger partial charge in [-0.05, 0) is 40.3 Å². The average Bonchev–Trinajstić information content (AvgIpc) is 2.13. The summed E-state index contributed by atoms with van der Waals surface area (Å²) < 4.78 is 35.8. The molecule has 0 aromatic carbocycles. The van der Waals surface area contributed by atoms with Crippen LogP contribution in [0.15, 0.2) is 0 Å². The van der Waals surface area contributed by atoms with Gasteiger partial charge >= 0.3 is 12.1 Å². The fourth-order valence-electron chi connectivity index (χ4n) is 1.33. The minimum atomic E-state index is -4.13. The Labute approximate surface area is 99.6 Å². The molecule has 0 aliphatic rings. The van der Waals surface area contributed by atoms with Gasteiger partial charge in [0.2, 0.25) is 0 Å². The molecule has 0 aromatic heterocycles. The van der Waals surface area contributed by atoms with Crippen LogP contribution in [0.2, 0.25) is 0 Å². The van der Waals surface area contributed by atoms with E-state index in [1.807, 2.05) is 0 Å². The van der Waals surface area contributed by atoms with Crippen LogP contribution in [-0.2, 0) is 4.79 Å². The molecule has 1 N–H and O–H groups in total. The summed E-state index contributed by atoms with van der Waals surface area (Å²) in [6, 6.07) is 0. The van der Waals surface area contributed by atoms with Crippen molar-refractivity contribution in [1.82, 2.24) is 4.90 Å². The maximum Gasteiger partial charge on any atom is 0.390 e. The summed E-state index contributed by atoms with van der Waals surface area (Å²) in [7, 11) is 1.61. The first-order chi connectivity index (χ1) is 7.54. The van der Waals surface area contributed by atoms with E-state index < -0.39 is 24.0 Å². The molecule has 0 bridgehead atoms. The molecule has 3 nitrogen and oxygen atoms in total. The first-order valence-corrected chi connectivity index (χ1v) is 5.53. The molecule has 0 rings (SSSR count). The van der Waals surface area contributed by atoms with Crippen molar-refractivity contribution in [3.8, 4) is 0 Å². The zero-order chi connectivity index (χ0) is 13.7. The fourth-order valence-corrected chi connectivity index (χ4v) is 1.33. The Morgan fingerprint density at radius 3 is 2.12 bits per heavy atom. The van der Waals surface area contributed by atoms with Crippen molar-refractivity contribution < 1.29 is 23.1 Å². The molecule has 0 aliphatic heterocycles. The van der Waals surface area contributed by atoms with Crippen molar-refractivity contribution in [2.75, 3.05) is 20.1 Å². The lowest BCUT2D eigenvalue weighted by Crippen LogP contribution is -2.28. The standard InChI is InChI=1S/C11H20F3NO2/c1-10(2,9(16)17)5-4-7-15(3)8-6-11(12,13)14/h4-8H2,1-3H3,(H,16,17). The van der Waals surface area contributed by atoms with Crippen LogP contribution in [-0.4, -0.2) is 42.3 Å². The van der Waals surface area contributed by atoms with E-state index in [0.717, 1.165) is 0 Å². The molecule has 0 atom stereocenters. The zero-order valence-corrected chi connectivity index (χ0v) is 10.5. The van der Waals surface area contributed by atoms with Gasteiger partial charge in [0.15, 0.2) is 0 Å². The summed E-state index contributed by atoms with van der Waals surface area (Å²) in [6.45, 7) is 3.67. The molecule has 17 heavy (non-hydrogen) atoms. The van der Waals surface area contributed by atoms with E-state index >= 15 is 0 Å². The number of aliphatic carboxylic acids is 1. The number of alkyl halides is 3. The maximum absolute atomic E-state index is 11.9. The van der Waals surface area contributed by atoms with Crippen molar-refractivity contribution in [3.05, 3.63) is 0 Å². The molecular weight excluding hydrogens is 235 g/mol. The second-order valence-corrected chi connectivity index (χ2v) is 4.96. The minimum absolute atomic E-state index is 0.0446. The topological polar surface area (TPSA) is 40.5 Å². The van der Waals surface area contributed by atoms with E-state index in [1.165, 1.54) is 0 Å². The monoisotopic (exact) mass is 255 g/mol. The van der Waals surface area contributed by atoms with Crippen LogP contribution in [0.5, 0.6) is 0 Å². The summed E-state index contributed by atoms with van der Waals surface area (Å²) >= 11 is 0. The zero-order valence-electron chi connectivity index (χ0n) is 10.5. The third-order valence-corrected chi connectivity index (χ3v) is 2.70. The molecule has 102 valence electrons. The van der Waals surface area contributed by atoms with Crippen molar-refractivity contribution in [3.63, 3.8) is 0 Å². The molecule has 0 fully saturated rings. The number of carboxylic acids is 1. The Hall–Kier alpha value is -0.780. The minimum Gasteiger partial charge on any atom is -0.481 e. The summed E-state index contributed by atoms with van der Waals surface area (Å²) in [5, 5.41) is 8.85. The van der Waals surface area contributed by atoms with Gasteiger partial charge in [0.25, 0.3) is 0 Å². The number of nitrogens with zero attached hydrogens (tertiary/aromatic N) is 1. The number of rotatable bonds is 7. The van der Waals surface area contributed by atoms with Gasteiger partial charge < -0.3 is 10.0 Å². The SMILES string of the molecule is CN(CCCC(C)(C)C(=O)O)CCC(F)(F)F. The highest BCUT2D eigenvalue weighted by molar-refractivity contribution is 5.73. The van der Waals surface area contributed by atoms with Gasteiger partial charge in [-0.25, -0.2) is 0 Å². The second-order valence-electron chi connectivity index (χ2n) is 4.96. The Balaban J connectivity index is 3.79. The molecule has 0 aliphatic carbocycles. The molecule has 0 heterocycles. The van der Waals surface area contributed by atoms with E-state index in [1.54, 1.807) is 25.8 Å². The number of halogens is 3. The lowest BCUT2D eigenvalue weighted by Gasteiger charge is -2.22. The summed E-state index contributed by atoms with van der Waals surface area (Å²) in [5.41, 5.74) is -0.815. The van der Waals surface area contributed by atoms with Crippen LogP contribution in [0.1, 0.15) is 33.1 Å². The molecular formula is C11H20F3NO2. The quantitative estimate of drug-likeness (QED) is 0.760. The van der Waals surface area contributed by atoms with Gasteiger partial charge in [-0.2, -0.15) is 13.2 Å². The Bertz CT molecular complexity index is 252. The third-order valence-electron chi connectivity index (χ3n) is 2.70. The molecule has 0 spiro atoms. The Morgan fingerprint density at radius 1 is 1.18 bits per heavy atom. The van der Waals surface area contributed by atoms with Crippen LogP contribution in [0.25, 0.3) is 0 Å². The largest absolute Gasteiger partial charge is 0.481 e. The molecule has 0 amide bonds. The first-order valence-electron chi connectivity index (χ1n) is 5.53. The predicted octanol–water partition coefficient (Wildman–Crippen LogP) is 2.76. The van der Waals surface area contributed by atoms with Gasteiger partial charge in [-0.15, -0.1) is 0 Å². The van der Waals surface area contributed by atoms with E-state index in [4.69, 9.17) is 5.11 Å². The molecule has 0 unspecified atom stereocenters. The molecule has 6 heteroatoms. The maximum atomic E-state index is 11.9. The molecule has 0 aromatic rings. The highest BCUT2D eigenvalue weighted by atomic mass is 19.4. The van der Waals surface area contributed by atoms with Crippen LogP contribution < -0.4 is 0 Å². The van der Waals surface area contributed by atoms with Crippen molar-refractivity contribution in [2.24, 2.45) is 5.41 Å². The Morgan fingerprint density at radius 2 is 1.71 bits per heavy atom. The number of hydrogen-bond donors (Lipinski definition) is 1. The average molecular weight is 255 g/mol. The Kier molecular flexibility index (Phi) is 5.95. The lowest BCUT2D eigenvalue weighted by atomic mass is 9.88. The number of carboxylic acid groups (broad SMARTS) is 1. The van der Waals surface area contributed by atoms with Crippen molar-refractivity contribution in [2.45, 2.75) is 39.3 Å². The van der Waals surface area contributed by atoms with Gasteiger partial charge in [0.1, 0.15) is 0 Å². The summed E-state index contributed by atoms with van der Waals surface area (Å²) in [4.78, 5) is 12.4. The van der Waals surface area contributed by atoms with Crippen molar-refractivity contribution >= 4 is 5.97 Å². The molecule has 0 saturated heterocycles. The van der Waals surface area contributed by atoms with Crippen LogP contribution in [0, 0.1) is 5.41 Å². The second kappa shape index (κ2) is 6.23. The molecule has 0 radical (unpaired) electrons. The number of carbonyl (C=O) groups is 1. The van der Waals surface area contributed by atoms with Gasteiger partial charge in [-0.3, -0.25) is 4.79 Å². The van der Waals surface area contributed by atoms with Gasteiger partial charge in [0.05, 0.1) is 11.8 Å². The van der Waals surface area contributed by atoms with Crippen molar-refractivity contribution in [1.29, 1.82) is 0 Å². The fraction of sp³-hybridized carbons (Fsp3) is 0.909. The summed E-state index contributed by atoms with van der Waals surface area (Å²) in [6.07, 6.45) is -3.92. The number of hydrogen-bond acceptors (Lipinski definition) is 2. The smallest absolute Gasteiger partial charge is 0.390 e. The van der Waals surface area contributed by atoms with E-state index in [2.05, 4.69) is 0 Å². The van der Waals surface area contributed by atoms with Gasteiger partial charge in [-0.1, -0.05) is 0 Å². The first kappa shape index (κ1) is 16.2. The van der Waals surface area contributed by atoms with Crippen LogP contribution in [0.3, 0.4) is 0 Å².